The van der Waals surface area contributed by atoms with Gasteiger partial charge in [0.05, 0.1) is 23.3 Å². The smallest absolute Gasteiger partial charge is 0.338 e. The molecule has 0 aliphatic carbocycles. The highest BCUT2D eigenvalue weighted by Gasteiger charge is 2.36. The van der Waals surface area contributed by atoms with E-state index in [1.54, 1.807) is 36.4 Å². The Morgan fingerprint density at radius 2 is 1.79 bits per heavy atom. The molecule has 9 heteroatoms. The van der Waals surface area contributed by atoms with E-state index >= 15 is 0 Å². The molecule has 0 radical (unpaired) electrons. The Balaban J connectivity index is 1.46. The van der Waals surface area contributed by atoms with E-state index in [9.17, 15) is 18.0 Å². The zero-order valence-electron chi connectivity index (χ0n) is 18.7. The topological polar surface area (TPSA) is 102 Å². The van der Waals surface area contributed by atoms with Gasteiger partial charge in [0.25, 0.3) is 15.9 Å². The lowest BCUT2D eigenvalue weighted by Gasteiger charge is -2.24. The zero-order chi connectivity index (χ0) is 24.3. The van der Waals surface area contributed by atoms with Gasteiger partial charge >= 0.3 is 5.97 Å². The minimum absolute atomic E-state index is 0.0219. The van der Waals surface area contributed by atoms with Crippen LogP contribution in [0.1, 0.15) is 22.8 Å². The first-order chi connectivity index (χ1) is 16.3. The standard InChI is InChI=1S/C25H24N2O6S/c1-17-13-18-7-3-4-12-23(18)27(17)34(30,31)22-11-5-8-19(14-22)25(29)33-16-24(28)26-20-9-6-10-21(15-20)32-2/h3-12,14-15,17H,13,16H2,1-2H3,(H,26,28). The lowest BCUT2D eigenvalue weighted by atomic mass is 10.1. The number of carbonyl (C=O) groups excluding carboxylic acids is 2. The molecule has 0 saturated heterocycles. The molecular formula is C25H24N2O6S. The maximum absolute atomic E-state index is 13.4. The first-order valence-corrected chi connectivity index (χ1v) is 12.1. The Hall–Kier alpha value is -3.85. The summed E-state index contributed by atoms with van der Waals surface area (Å²) in [4.78, 5) is 24.7. The number of ether oxygens (including phenoxy) is 2. The minimum atomic E-state index is -3.90. The Labute approximate surface area is 198 Å². The van der Waals surface area contributed by atoms with Gasteiger partial charge in [-0.2, -0.15) is 0 Å². The number of anilines is 2. The number of fused-ring (bicyclic) bond motifs is 1. The van der Waals surface area contributed by atoms with Crippen molar-refractivity contribution in [1.82, 2.24) is 0 Å². The Morgan fingerprint density at radius 1 is 1.03 bits per heavy atom. The van der Waals surface area contributed by atoms with Gasteiger partial charge in [-0.3, -0.25) is 9.10 Å². The number of rotatable bonds is 7. The van der Waals surface area contributed by atoms with Crippen molar-refractivity contribution >= 4 is 33.3 Å². The summed E-state index contributed by atoms with van der Waals surface area (Å²) in [6.07, 6.45) is 0.611. The molecule has 1 N–H and O–H groups in total. The molecule has 0 spiro atoms. The average Bonchev–Trinajstić information content (AvgIpc) is 3.19. The molecule has 34 heavy (non-hydrogen) atoms. The molecule has 1 heterocycles. The van der Waals surface area contributed by atoms with E-state index in [1.807, 2.05) is 19.1 Å². The Kier molecular flexibility index (Phi) is 6.56. The molecule has 1 aliphatic heterocycles. The second-order valence-electron chi connectivity index (χ2n) is 7.87. The van der Waals surface area contributed by atoms with E-state index < -0.39 is 28.5 Å². The van der Waals surface area contributed by atoms with Gasteiger partial charge in [0.2, 0.25) is 0 Å². The fourth-order valence-electron chi connectivity index (χ4n) is 3.91. The van der Waals surface area contributed by atoms with Crippen LogP contribution in [-0.2, 0) is 26.0 Å². The number of hydrogen-bond acceptors (Lipinski definition) is 6. The van der Waals surface area contributed by atoms with Crippen molar-refractivity contribution in [2.24, 2.45) is 0 Å². The van der Waals surface area contributed by atoms with Gasteiger partial charge in [-0.05, 0) is 55.3 Å². The first kappa shape index (κ1) is 23.3. The van der Waals surface area contributed by atoms with Gasteiger partial charge in [-0.1, -0.05) is 30.3 Å². The number of benzene rings is 3. The number of hydrogen-bond donors (Lipinski definition) is 1. The van der Waals surface area contributed by atoms with Gasteiger partial charge < -0.3 is 14.8 Å². The molecule has 0 bridgehead atoms. The summed E-state index contributed by atoms with van der Waals surface area (Å²) in [7, 11) is -2.39. The van der Waals surface area contributed by atoms with Gasteiger partial charge in [-0.25, -0.2) is 13.2 Å². The van der Waals surface area contributed by atoms with Crippen LogP contribution in [-0.4, -0.2) is 40.1 Å². The van der Waals surface area contributed by atoms with E-state index in [4.69, 9.17) is 9.47 Å². The number of nitrogens with zero attached hydrogens (tertiary/aromatic N) is 1. The second kappa shape index (κ2) is 9.56. The van der Waals surface area contributed by atoms with Gasteiger partial charge in [0.1, 0.15) is 5.75 Å². The van der Waals surface area contributed by atoms with Crippen LogP contribution in [0.2, 0.25) is 0 Å². The lowest BCUT2D eigenvalue weighted by molar-refractivity contribution is -0.119. The molecule has 0 saturated carbocycles. The van der Waals surface area contributed by atoms with Gasteiger partial charge in [0, 0.05) is 17.8 Å². The summed E-state index contributed by atoms with van der Waals surface area (Å²) >= 11 is 0. The normalized spacial score (nSPS) is 14.9. The molecule has 3 aromatic rings. The quantitative estimate of drug-likeness (QED) is 0.518. The highest BCUT2D eigenvalue weighted by molar-refractivity contribution is 7.92. The number of carbonyl (C=O) groups is 2. The maximum Gasteiger partial charge on any atom is 0.338 e. The number of methoxy groups -OCH3 is 1. The molecule has 1 aliphatic rings. The summed E-state index contributed by atoms with van der Waals surface area (Å²) in [5.74, 6) is -0.761. The van der Waals surface area contributed by atoms with Crippen LogP contribution in [0.25, 0.3) is 0 Å². The third-order valence-electron chi connectivity index (χ3n) is 5.46. The average molecular weight is 481 g/mol. The SMILES string of the molecule is COc1cccc(NC(=O)COC(=O)c2cccc(S(=O)(=O)N3c4ccccc4CC3C)c2)c1. The summed E-state index contributed by atoms with van der Waals surface area (Å²) < 4.78 is 38.4. The van der Waals surface area contributed by atoms with Crippen molar-refractivity contribution in [2.45, 2.75) is 24.3 Å². The molecular weight excluding hydrogens is 456 g/mol. The summed E-state index contributed by atoms with van der Waals surface area (Å²) in [6, 6.07) is 19.5. The Bertz CT molecular complexity index is 1340. The zero-order valence-corrected chi connectivity index (χ0v) is 19.5. The van der Waals surface area contributed by atoms with Crippen molar-refractivity contribution < 1.29 is 27.5 Å². The van der Waals surface area contributed by atoms with Crippen LogP contribution in [0.15, 0.2) is 77.7 Å². The molecule has 176 valence electrons. The van der Waals surface area contributed by atoms with E-state index in [0.29, 0.717) is 23.5 Å². The fourth-order valence-corrected chi connectivity index (χ4v) is 5.65. The summed E-state index contributed by atoms with van der Waals surface area (Å²) in [6.45, 7) is 1.32. The highest BCUT2D eigenvalue weighted by atomic mass is 32.2. The van der Waals surface area contributed by atoms with Crippen molar-refractivity contribution in [1.29, 1.82) is 0 Å². The third kappa shape index (κ3) is 4.74. The molecule has 8 nitrogen and oxygen atoms in total. The monoisotopic (exact) mass is 480 g/mol. The number of nitrogens with one attached hydrogen (secondary N) is 1. The van der Waals surface area contributed by atoms with Crippen molar-refractivity contribution in [3.63, 3.8) is 0 Å². The summed E-state index contributed by atoms with van der Waals surface area (Å²) in [5, 5.41) is 2.61. The van der Waals surface area contributed by atoms with Crippen LogP contribution in [0, 0.1) is 0 Å². The number of sulfonamides is 1. The van der Waals surface area contributed by atoms with Crippen LogP contribution in [0.4, 0.5) is 11.4 Å². The van der Waals surface area contributed by atoms with Gasteiger partial charge in [-0.15, -0.1) is 0 Å². The van der Waals surface area contributed by atoms with E-state index in [1.165, 1.54) is 35.7 Å². The predicted octanol–water partition coefficient (Wildman–Crippen LogP) is 3.63. The molecule has 1 atom stereocenters. The lowest BCUT2D eigenvalue weighted by Crippen LogP contribution is -2.35. The van der Waals surface area contributed by atoms with Crippen molar-refractivity contribution in [3.05, 3.63) is 83.9 Å². The summed E-state index contributed by atoms with van der Waals surface area (Å²) in [5.41, 5.74) is 2.12. The fraction of sp³-hybridized carbons (Fsp3) is 0.200. The number of esters is 1. The minimum Gasteiger partial charge on any atom is -0.497 e. The number of amides is 1. The van der Waals surface area contributed by atoms with Crippen LogP contribution < -0.4 is 14.4 Å². The predicted molar refractivity (Wildman–Crippen MR) is 128 cm³/mol. The van der Waals surface area contributed by atoms with Crippen LogP contribution in [0.3, 0.4) is 0 Å². The third-order valence-corrected chi connectivity index (χ3v) is 7.38. The molecule has 1 amide bonds. The number of para-hydroxylation sites is 1. The molecule has 3 aromatic carbocycles. The Morgan fingerprint density at radius 3 is 2.59 bits per heavy atom. The van der Waals surface area contributed by atoms with Crippen LogP contribution in [0.5, 0.6) is 5.75 Å². The van der Waals surface area contributed by atoms with Crippen molar-refractivity contribution in [3.8, 4) is 5.75 Å². The van der Waals surface area contributed by atoms with Gasteiger partial charge in [0.15, 0.2) is 6.61 Å². The largest absolute Gasteiger partial charge is 0.497 e. The van der Waals surface area contributed by atoms with E-state index in [0.717, 1.165) is 5.56 Å². The molecule has 0 aromatic heterocycles. The first-order valence-electron chi connectivity index (χ1n) is 10.6. The van der Waals surface area contributed by atoms with E-state index in [-0.39, 0.29) is 16.5 Å². The molecule has 1 unspecified atom stereocenters. The van der Waals surface area contributed by atoms with Crippen LogP contribution >= 0.6 is 0 Å². The second-order valence-corrected chi connectivity index (χ2v) is 9.68. The molecule has 4 rings (SSSR count). The highest BCUT2D eigenvalue weighted by Crippen LogP contribution is 2.36. The van der Waals surface area contributed by atoms with Crippen molar-refractivity contribution in [2.75, 3.05) is 23.3 Å². The maximum atomic E-state index is 13.4. The molecule has 0 fully saturated rings. The van der Waals surface area contributed by atoms with E-state index in [2.05, 4.69) is 5.32 Å².